The standard InChI is InChI=1S/C14H27N3O/c1-17-7-3-5-13(11-17)10-16-14(18)8-12-4-2-6-15-9-12/h12-13,15H,2-11H2,1H3,(H,16,18). The molecule has 0 aliphatic carbocycles. The maximum Gasteiger partial charge on any atom is 0.220 e. The maximum atomic E-state index is 11.9. The number of hydrogen-bond acceptors (Lipinski definition) is 3. The van der Waals surface area contributed by atoms with E-state index in [1.54, 1.807) is 0 Å². The highest BCUT2D eigenvalue weighted by molar-refractivity contribution is 5.76. The molecule has 2 aliphatic heterocycles. The molecule has 0 aromatic heterocycles. The minimum atomic E-state index is 0.247. The van der Waals surface area contributed by atoms with Crippen LogP contribution >= 0.6 is 0 Å². The first-order chi connectivity index (χ1) is 8.74. The number of hydrogen-bond donors (Lipinski definition) is 2. The summed E-state index contributed by atoms with van der Waals surface area (Å²) < 4.78 is 0. The summed E-state index contributed by atoms with van der Waals surface area (Å²) in [5.74, 6) is 1.45. The quantitative estimate of drug-likeness (QED) is 0.780. The Morgan fingerprint density at radius 1 is 1.33 bits per heavy atom. The third-order valence-electron chi connectivity index (χ3n) is 4.18. The summed E-state index contributed by atoms with van der Waals surface area (Å²) in [6.45, 7) is 5.33. The number of piperidine rings is 2. The molecular weight excluding hydrogens is 226 g/mol. The van der Waals surface area contributed by atoms with Gasteiger partial charge in [-0.05, 0) is 64.2 Å². The normalized spacial score (nSPS) is 30.1. The molecule has 2 unspecified atom stereocenters. The van der Waals surface area contributed by atoms with Gasteiger partial charge in [0.2, 0.25) is 5.91 Å². The van der Waals surface area contributed by atoms with Crippen molar-refractivity contribution in [3.8, 4) is 0 Å². The minimum Gasteiger partial charge on any atom is -0.356 e. The summed E-state index contributed by atoms with van der Waals surface area (Å²) in [7, 11) is 2.17. The Kier molecular flexibility index (Phi) is 5.45. The van der Waals surface area contributed by atoms with Crippen molar-refractivity contribution in [3.05, 3.63) is 0 Å². The highest BCUT2D eigenvalue weighted by atomic mass is 16.1. The van der Waals surface area contributed by atoms with Gasteiger partial charge in [-0.2, -0.15) is 0 Å². The second-order valence-corrected chi connectivity index (χ2v) is 5.99. The van der Waals surface area contributed by atoms with Gasteiger partial charge in [0.05, 0.1) is 0 Å². The lowest BCUT2D eigenvalue weighted by Gasteiger charge is -2.30. The van der Waals surface area contributed by atoms with Crippen molar-refractivity contribution in [1.29, 1.82) is 0 Å². The number of likely N-dealkylation sites (tertiary alicyclic amines) is 1. The van der Waals surface area contributed by atoms with Crippen LogP contribution < -0.4 is 10.6 Å². The largest absolute Gasteiger partial charge is 0.356 e. The zero-order chi connectivity index (χ0) is 12.8. The van der Waals surface area contributed by atoms with Crippen LogP contribution in [0.1, 0.15) is 32.1 Å². The van der Waals surface area contributed by atoms with Crippen molar-refractivity contribution < 1.29 is 4.79 Å². The molecule has 2 rings (SSSR count). The predicted molar refractivity (Wildman–Crippen MR) is 73.4 cm³/mol. The van der Waals surface area contributed by atoms with E-state index in [1.807, 2.05) is 0 Å². The molecule has 0 aromatic carbocycles. The van der Waals surface area contributed by atoms with Gasteiger partial charge in [0.15, 0.2) is 0 Å². The third kappa shape index (κ3) is 4.58. The second kappa shape index (κ2) is 7.10. The molecule has 104 valence electrons. The molecule has 2 fully saturated rings. The summed E-state index contributed by atoms with van der Waals surface area (Å²) in [5.41, 5.74) is 0. The van der Waals surface area contributed by atoms with Crippen molar-refractivity contribution in [2.45, 2.75) is 32.1 Å². The van der Waals surface area contributed by atoms with E-state index in [2.05, 4.69) is 22.6 Å². The summed E-state index contributed by atoms with van der Waals surface area (Å²) >= 11 is 0. The van der Waals surface area contributed by atoms with Gasteiger partial charge in [-0.1, -0.05) is 0 Å². The Hall–Kier alpha value is -0.610. The first-order valence-electron chi connectivity index (χ1n) is 7.40. The predicted octanol–water partition coefficient (Wildman–Crippen LogP) is 0.834. The van der Waals surface area contributed by atoms with Gasteiger partial charge in [0.1, 0.15) is 0 Å². The lowest BCUT2D eigenvalue weighted by atomic mass is 9.95. The fourth-order valence-corrected chi connectivity index (χ4v) is 3.13. The minimum absolute atomic E-state index is 0.247. The highest BCUT2D eigenvalue weighted by Gasteiger charge is 2.20. The van der Waals surface area contributed by atoms with E-state index in [0.29, 0.717) is 18.3 Å². The van der Waals surface area contributed by atoms with E-state index in [4.69, 9.17) is 0 Å². The molecule has 0 bridgehead atoms. The molecule has 2 saturated heterocycles. The van der Waals surface area contributed by atoms with Crippen LogP contribution in [0.5, 0.6) is 0 Å². The van der Waals surface area contributed by atoms with Crippen LogP contribution in [0.25, 0.3) is 0 Å². The second-order valence-electron chi connectivity index (χ2n) is 5.99. The van der Waals surface area contributed by atoms with Crippen LogP contribution in [0, 0.1) is 11.8 Å². The number of carbonyl (C=O) groups excluding carboxylic acids is 1. The van der Waals surface area contributed by atoms with Crippen LogP contribution in [-0.4, -0.2) is 50.6 Å². The molecule has 0 radical (unpaired) electrons. The number of nitrogens with one attached hydrogen (secondary N) is 2. The van der Waals surface area contributed by atoms with Crippen molar-refractivity contribution >= 4 is 5.91 Å². The first-order valence-corrected chi connectivity index (χ1v) is 7.40. The van der Waals surface area contributed by atoms with Crippen molar-refractivity contribution in [3.63, 3.8) is 0 Å². The van der Waals surface area contributed by atoms with Gasteiger partial charge in [-0.15, -0.1) is 0 Å². The van der Waals surface area contributed by atoms with Gasteiger partial charge < -0.3 is 15.5 Å². The number of amides is 1. The van der Waals surface area contributed by atoms with Crippen LogP contribution in [0.3, 0.4) is 0 Å². The molecule has 0 saturated carbocycles. The number of nitrogens with zero attached hydrogens (tertiary/aromatic N) is 1. The summed E-state index contributed by atoms with van der Waals surface area (Å²) in [6.07, 6.45) is 5.65. The summed E-state index contributed by atoms with van der Waals surface area (Å²) in [6, 6.07) is 0. The van der Waals surface area contributed by atoms with Crippen LogP contribution in [0.2, 0.25) is 0 Å². The Balaban J connectivity index is 1.61. The highest BCUT2D eigenvalue weighted by Crippen LogP contribution is 2.15. The summed E-state index contributed by atoms with van der Waals surface area (Å²) in [5, 5.41) is 6.49. The number of rotatable bonds is 4. The van der Waals surface area contributed by atoms with Crippen molar-refractivity contribution in [2.75, 3.05) is 39.8 Å². The van der Waals surface area contributed by atoms with Gasteiger partial charge in [-0.3, -0.25) is 4.79 Å². The molecule has 18 heavy (non-hydrogen) atoms. The zero-order valence-corrected chi connectivity index (χ0v) is 11.6. The van der Waals surface area contributed by atoms with E-state index in [0.717, 1.165) is 26.2 Å². The topological polar surface area (TPSA) is 44.4 Å². The maximum absolute atomic E-state index is 11.9. The Morgan fingerprint density at radius 2 is 2.17 bits per heavy atom. The van der Waals surface area contributed by atoms with E-state index in [-0.39, 0.29) is 5.91 Å². The van der Waals surface area contributed by atoms with Crippen LogP contribution in [-0.2, 0) is 4.79 Å². The van der Waals surface area contributed by atoms with E-state index in [9.17, 15) is 4.79 Å². The van der Waals surface area contributed by atoms with E-state index in [1.165, 1.54) is 32.2 Å². The van der Waals surface area contributed by atoms with Crippen LogP contribution in [0.15, 0.2) is 0 Å². The van der Waals surface area contributed by atoms with E-state index >= 15 is 0 Å². The fraction of sp³-hybridized carbons (Fsp3) is 0.929. The zero-order valence-electron chi connectivity index (χ0n) is 11.6. The van der Waals surface area contributed by atoms with Crippen molar-refractivity contribution in [1.82, 2.24) is 15.5 Å². The van der Waals surface area contributed by atoms with E-state index < -0.39 is 0 Å². The molecule has 0 aromatic rings. The number of carbonyl (C=O) groups is 1. The Morgan fingerprint density at radius 3 is 2.89 bits per heavy atom. The molecular formula is C14H27N3O. The molecule has 2 atom stereocenters. The SMILES string of the molecule is CN1CCCC(CNC(=O)CC2CCCNC2)C1. The molecule has 1 amide bonds. The lowest BCUT2D eigenvalue weighted by molar-refractivity contribution is -0.122. The molecule has 0 spiro atoms. The molecule has 4 nitrogen and oxygen atoms in total. The van der Waals surface area contributed by atoms with Gasteiger partial charge in [-0.25, -0.2) is 0 Å². The monoisotopic (exact) mass is 253 g/mol. The van der Waals surface area contributed by atoms with Gasteiger partial charge in [0, 0.05) is 19.5 Å². The smallest absolute Gasteiger partial charge is 0.220 e. The molecule has 2 heterocycles. The molecule has 4 heteroatoms. The lowest BCUT2D eigenvalue weighted by Crippen LogP contribution is -2.40. The van der Waals surface area contributed by atoms with Crippen molar-refractivity contribution in [2.24, 2.45) is 11.8 Å². The van der Waals surface area contributed by atoms with Crippen LogP contribution in [0.4, 0.5) is 0 Å². The third-order valence-corrected chi connectivity index (χ3v) is 4.18. The first kappa shape index (κ1) is 13.8. The summed E-state index contributed by atoms with van der Waals surface area (Å²) in [4.78, 5) is 14.2. The Bertz CT molecular complexity index is 264. The average Bonchev–Trinajstić information content (AvgIpc) is 2.38. The van der Waals surface area contributed by atoms with Gasteiger partial charge >= 0.3 is 0 Å². The van der Waals surface area contributed by atoms with Gasteiger partial charge in [0.25, 0.3) is 0 Å². The molecule has 2 N–H and O–H groups in total. The average molecular weight is 253 g/mol. The Labute approximate surface area is 110 Å². The fourth-order valence-electron chi connectivity index (χ4n) is 3.13. The molecule has 2 aliphatic rings.